The second-order valence-electron chi connectivity index (χ2n) is 7.52. The first-order chi connectivity index (χ1) is 16.4. The fourth-order valence-corrected chi connectivity index (χ4v) is 4.68. The zero-order valence-corrected chi connectivity index (χ0v) is 19.7. The molecule has 34 heavy (non-hydrogen) atoms. The molecule has 1 saturated heterocycles. The summed E-state index contributed by atoms with van der Waals surface area (Å²) in [6.07, 6.45) is 1.62. The highest BCUT2D eigenvalue weighted by molar-refractivity contribution is 7.11. The molecule has 0 amide bonds. The lowest BCUT2D eigenvalue weighted by molar-refractivity contribution is -0.149. The summed E-state index contributed by atoms with van der Waals surface area (Å²) in [6, 6.07) is 2.07. The molecule has 2 N–H and O–H groups in total. The van der Waals surface area contributed by atoms with Gasteiger partial charge in [0.2, 0.25) is 0 Å². The second kappa shape index (κ2) is 10.6. The van der Waals surface area contributed by atoms with Gasteiger partial charge < -0.3 is 19.9 Å². The highest BCUT2D eigenvalue weighted by Gasteiger charge is 2.37. The van der Waals surface area contributed by atoms with E-state index in [-0.39, 0.29) is 30.4 Å². The number of carbonyl (C=O) groups is 2. The van der Waals surface area contributed by atoms with Crippen LogP contribution in [0.4, 0.5) is 4.39 Å². The maximum absolute atomic E-state index is 13.8. The van der Waals surface area contributed by atoms with Crippen LogP contribution >= 0.6 is 22.9 Å². The maximum Gasteiger partial charge on any atom is 0.338 e. The van der Waals surface area contributed by atoms with E-state index < -0.39 is 29.8 Å². The predicted octanol–water partition coefficient (Wildman–Crippen LogP) is 2.63. The Labute approximate surface area is 203 Å². The molecule has 0 bridgehead atoms. The highest BCUT2D eigenvalue weighted by Crippen LogP contribution is 2.37. The van der Waals surface area contributed by atoms with Gasteiger partial charge >= 0.3 is 11.9 Å². The molecule has 0 spiro atoms. The van der Waals surface area contributed by atoms with Gasteiger partial charge in [0.1, 0.15) is 17.9 Å². The SMILES string of the molecule is CCOC(=O)C1=C(CN2CCOC[C@H]2C(=O)O)NC(c2nccs2)=NC1c1ccc(F)cc1Cl. The fourth-order valence-electron chi connectivity index (χ4n) is 3.82. The number of carbonyl (C=O) groups excluding carboxylic acids is 1. The average molecular weight is 509 g/mol. The van der Waals surface area contributed by atoms with E-state index in [1.54, 1.807) is 23.4 Å². The summed E-state index contributed by atoms with van der Waals surface area (Å²) >= 11 is 7.71. The van der Waals surface area contributed by atoms with Gasteiger partial charge in [0, 0.05) is 40.9 Å². The molecule has 9 nitrogen and oxygen atoms in total. The van der Waals surface area contributed by atoms with Crippen LogP contribution in [0, 0.1) is 5.82 Å². The van der Waals surface area contributed by atoms with Crippen LogP contribution in [0.3, 0.4) is 0 Å². The van der Waals surface area contributed by atoms with Crippen molar-refractivity contribution in [2.45, 2.75) is 19.0 Å². The van der Waals surface area contributed by atoms with Crippen molar-refractivity contribution < 1.29 is 28.6 Å². The normalized spacial score (nSPS) is 21.1. The molecule has 1 unspecified atom stereocenters. The van der Waals surface area contributed by atoms with Crippen LogP contribution in [-0.4, -0.2) is 71.7 Å². The number of halogens is 2. The first-order valence-electron chi connectivity index (χ1n) is 10.5. The van der Waals surface area contributed by atoms with Gasteiger partial charge in [-0.25, -0.2) is 14.2 Å². The number of ether oxygens (including phenoxy) is 2. The topological polar surface area (TPSA) is 113 Å². The van der Waals surface area contributed by atoms with Gasteiger partial charge in [0.25, 0.3) is 0 Å². The lowest BCUT2D eigenvalue weighted by Gasteiger charge is -2.35. The number of hydrogen-bond acceptors (Lipinski definition) is 9. The Hall–Kier alpha value is -2.86. The Morgan fingerprint density at radius 2 is 2.26 bits per heavy atom. The smallest absolute Gasteiger partial charge is 0.338 e. The Morgan fingerprint density at radius 1 is 1.44 bits per heavy atom. The van der Waals surface area contributed by atoms with Crippen molar-refractivity contribution in [3.8, 4) is 0 Å². The van der Waals surface area contributed by atoms with E-state index in [0.717, 1.165) is 6.07 Å². The third-order valence-corrected chi connectivity index (χ3v) is 6.51. The van der Waals surface area contributed by atoms with E-state index in [1.807, 2.05) is 0 Å². The van der Waals surface area contributed by atoms with Crippen LogP contribution in [0.1, 0.15) is 23.5 Å². The van der Waals surface area contributed by atoms with Crippen molar-refractivity contribution in [2.75, 3.05) is 32.9 Å². The molecule has 4 rings (SSSR count). The van der Waals surface area contributed by atoms with Crippen LogP contribution < -0.4 is 5.32 Å². The van der Waals surface area contributed by atoms with Crippen molar-refractivity contribution >= 4 is 40.7 Å². The summed E-state index contributed by atoms with van der Waals surface area (Å²) in [6.45, 7) is 2.63. The molecule has 12 heteroatoms. The zero-order chi connectivity index (χ0) is 24.2. The monoisotopic (exact) mass is 508 g/mol. The van der Waals surface area contributed by atoms with Crippen LogP contribution in [-0.2, 0) is 19.1 Å². The predicted molar refractivity (Wildman–Crippen MR) is 123 cm³/mol. The van der Waals surface area contributed by atoms with E-state index in [4.69, 9.17) is 26.1 Å². The third kappa shape index (κ3) is 5.12. The van der Waals surface area contributed by atoms with E-state index in [0.29, 0.717) is 35.3 Å². The molecule has 1 aromatic carbocycles. The number of nitrogens with zero attached hydrogens (tertiary/aromatic N) is 3. The van der Waals surface area contributed by atoms with Gasteiger partial charge in [0.15, 0.2) is 10.8 Å². The molecule has 2 aliphatic heterocycles. The molecule has 0 radical (unpaired) electrons. The molecule has 2 atom stereocenters. The number of hydrogen-bond donors (Lipinski definition) is 2. The standard InChI is InChI=1S/C22H22ClFN4O5S/c1-2-33-22(31)17-15(10-28-6-7-32-11-16(28)21(29)30)26-19(20-25-5-8-34-20)27-18(17)13-4-3-12(24)9-14(13)23/h3-5,8-9,16,18H,2,6-7,10-11H2,1H3,(H,26,27)(H,29,30)/t16-,18?/m0/s1. The van der Waals surface area contributed by atoms with Gasteiger partial charge in [0.05, 0.1) is 25.4 Å². The molecule has 2 aliphatic rings. The number of amidine groups is 1. The van der Waals surface area contributed by atoms with Crippen molar-refractivity contribution in [3.05, 3.63) is 62.5 Å². The highest BCUT2D eigenvalue weighted by atomic mass is 35.5. The zero-order valence-electron chi connectivity index (χ0n) is 18.2. The van der Waals surface area contributed by atoms with Crippen molar-refractivity contribution in [1.82, 2.24) is 15.2 Å². The molecule has 2 aromatic rings. The van der Waals surface area contributed by atoms with Gasteiger partial charge in [-0.1, -0.05) is 17.7 Å². The number of carboxylic acid groups (broad SMARTS) is 1. The number of carboxylic acids is 1. The lowest BCUT2D eigenvalue weighted by Crippen LogP contribution is -2.52. The minimum absolute atomic E-state index is 0.0258. The van der Waals surface area contributed by atoms with Gasteiger partial charge in [-0.2, -0.15) is 0 Å². The number of thiazole rings is 1. The molecular formula is C22H22ClFN4O5S. The first-order valence-corrected chi connectivity index (χ1v) is 11.8. The van der Waals surface area contributed by atoms with Gasteiger partial charge in [-0.05, 0) is 19.1 Å². The van der Waals surface area contributed by atoms with Crippen LogP contribution in [0.25, 0.3) is 0 Å². The van der Waals surface area contributed by atoms with Crippen molar-refractivity contribution in [2.24, 2.45) is 4.99 Å². The summed E-state index contributed by atoms with van der Waals surface area (Å²) in [5, 5.41) is 15.3. The molecule has 1 aromatic heterocycles. The molecule has 1 fully saturated rings. The largest absolute Gasteiger partial charge is 0.480 e. The number of aliphatic carboxylic acids is 1. The van der Waals surface area contributed by atoms with Crippen molar-refractivity contribution in [1.29, 1.82) is 0 Å². The van der Waals surface area contributed by atoms with E-state index >= 15 is 0 Å². The average Bonchev–Trinajstić information content (AvgIpc) is 3.34. The third-order valence-electron chi connectivity index (χ3n) is 5.40. The summed E-state index contributed by atoms with van der Waals surface area (Å²) in [7, 11) is 0. The Kier molecular flexibility index (Phi) is 7.57. The van der Waals surface area contributed by atoms with Gasteiger partial charge in [-0.3, -0.25) is 14.7 Å². The maximum atomic E-state index is 13.8. The van der Waals surface area contributed by atoms with E-state index in [1.165, 1.54) is 23.5 Å². The lowest BCUT2D eigenvalue weighted by atomic mass is 9.95. The Balaban J connectivity index is 1.83. The van der Waals surface area contributed by atoms with E-state index in [9.17, 15) is 19.1 Å². The quantitative estimate of drug-likeness (QED) is 0.549. The molecule has 180 valence electrons. The number of morpholine rings is 1. The summed E-state index contributed by atoms with van der Waals surface area (Å²) in [5.74, 6) is -1.78. The Morgan fingerprint density at radius 3 is 2.94 bits per heavy atom. The summed E-state index contributed by atoms with van der Waals surface area (Å²) in [4.78, 5) is 35.7. The Bertz CT molecular complexity index is 1140. The molecule has 0 saturated carbocycles. The van der Waals surface area contributed by atoms with Gasteiger partial charge in [-0.15, -0.1) is 11.3 Å². The van der Waals surface area contributed by atoms with Crippen LogP contribution in [0.2, 0.25) is 5.02 Å². The first kappa shape index (κ1) is 24.3. The number of aromatic nitrogens is 1. The minimum Gasteiger partial charge on any atom is -0.480 e. The summed E-state index contributed by atoms with van der Waals surface area (Å²) in [5.41, 5.74) is 0.999. The second-order valence-corrected chi connectivity index (χ2v) is 8.82. The van der Waals surface area contributed by atoms with Crippen LogP contribution in [0.15, 0.2) is 46.0 Å². The number of nitrogens with one attached hydrogen (secondary N) is 1. The number of aliphatic imine (C=N–C) groups is 1. The van der Waals surface area contributed by atoms with Crippen molar-refractivity contribution in [3.63, 3.8) is 0 Å². The number of rotatable bonds is 7. The number of benzene rings is 1. The number of esters is 1. The molecule has 3 heterocycles. The molecular weight excluding hydrogens is 487 g/mol. The summed E-state index contributed by atoms with van der Waals surface area (Å²) < 4.78 is 24.4. The fraction of sp³-hybridized carbons (Fsp3) is 0.364. The molecule has 0 aliphatic carbocycles. The van der Waals surface area contributed by atoms with E-state index in [2.05, 4.69) is 10.3 Å². The minimum atomic E-state index is -1.03. The van der Waals surface area contributed by atoms with Crippen LogP contribution in [0.5, 0.6) is 0 Å².